The lowest BCUT2D eigenvalue weighted by Crippen LogP contribution is -2.26. The molecule has 1 aromatic rings. The molecule has 1 aromatic carbocycles. The van der Waals surface area contributed by atoms with Crippen LogP contribution in [0.25, 0.3) is 0 Å². The van der Waals surface area contributed by atoms with Crippen molar-refractivity contribution in [3.05, 3.63) is 34.9 Å². The van der Waals surface area contributed by atoms with E-state index in [1.165, 1.54) is 0 Å². The van der Waals surface area contributed by atoms with Crippen molar-refractivity contribution < 1.29 is 8.78 Å². The van der Waals surface area contributed by atoms with E-state index in [9.17, 15) is 8.78 Å². The second kappa shape index (κ2) is 3.48. The van der Waals surface area contributed by atoms with E-state index in [-0.39, 0.29) is 6.42 Å². The summed E-state index contributed by atoms with van der Waals surface area (Å²) in [6.07, 6.45) is -0.122. The first-order chi connectivity index (χ1) is 6.61. The van der Waals surface area contributed by atoms with Crippen LogP contribution in [0.2, 0.25) is 5.02 Å². The number of nitrogens with one attached hydrogen (secondary N) is 1. The molecule has 0 spiro atoms. The van der Waals surface area contributed by atoms with Gasteiger partial charge in [0, 0.05) is 18.0 Å². The molecule has 0 saturated carbocycles. The minimum absolute atomic E-state index is 0.122. The minimum atomic E-state index is -2.69. The number of benzene rings is 1. The maximum absolute atomic E-state index is 13.4. The van der Waals surface area contributed by atoms with Crippen molar-refractivity contribution in [2.24, 2.45) is 0 Å². The molecule has 0 aliphatic carbocycles. The highest BCUT2D eigenvalue weighted by molar-refractivity contribution is 6.31. The first-order valence-corrected chi connectivity index (χ1v) is 4.85. The van der Waals surface area contributed by atoms with E-state index in [0.717, 1.165) is 0 Å². The molecule has 1 saturated heterocycles. The van der Waals surface area contributed by atoms with Crippen molar-refractivity contribution in [1.29, 1.82) is 0 Å². The summed E-state index contributed by atoms with van der Waals surface area (Å²) in [7, 11) is 0. The summed E-state index contributed by atoms with van der Waals surface area (Å²) < 4.78 is 26.7. The molecule has 1 heterocycles. The summed E-state index contributed by atoms with van der Waals surface area (Å²) >= 11 is 5.86. The Labute approximate surface area is 86.1 Å². The van der Waals surface area contributed by atoms with E-state index in [1.807, 2.05) is 0 Å². The predicted molar refractivity (Wildman–Crippen MR) is 51.8 cm³/mol. The van der Waals surface area contributed by atoms with Gasteiger partial charge in [-0.15, -0.1) is 0 Å². The third-order valence-corrected chi connectivity index (χ3v) is 2.79. The monoisotopic (exact) mass is 217 g/mol. The van der Waals surface area contributed by atoms with E-state index in [4.69, 9.17) is 11.6 Å². The molecule has 0 bridgehead atoms. The maximum Gasteiger partial charge on any atom is 0.268 e. The topological polar surface area (TPSA) is 12.0 Å². The Morgan fingerprint density at radius 1 is 1.36 bits per heavy atom. The smallest absolute Gasteiger partial charge is 0.268 e. The molecule has 0 amide bonds. The van der Waals surface area contributed by atoms with Crippen LogP contribution >= 0.6 is 11.6 Å². The van der Waals surface area contributed by atoms with E-state index >= 15 is 0 Å². The van der Waals surface area contributed by atoms with Gasteiger partial charge in [-0.2, -0.15) is 0 Å². The van der Waals surface area contributed by atoms with Gasteiger partial charge >= 0.3 is 0 Å². The number of halogens is 3. The quantitative estimate of drug-likeness (QED) is 0.763. The average Bonchev–Trinajstić information content (AvgIpc) is 2.46. The largest absolute Gasteiger partial charge is 0.305 e. The summed E-state index contributed by atoms with van der Waals surface area (Å²) in [5, 5.41) is 3.16. The number of hydrogen-bond acceptors (Lipinski definition) is 1. The van der Waals surface area contributed by atoms with Crippen LogP contribution in [0.15, 0.2) is 24.3 Å². The fourth-order valence-electron chi connectivity index (χ4n) is 1.72. The Kier molecular flexibility index (Phi) is 2.45. The molecule has 14 heavy (non-hydrogen) atoms. The van der Waals surface area contributed by atoms with E-state index in [0.29, 0.717) is 17.1 Å². The number of hydrogen-bond donors (Lipinski definition) is 1. The van der Waals surface area contributed by atoms with Gasteiger partial charge in [0.25, 0.3) is 5.92 Å². The molecular weight excluding hydrogens is 208 g/mol. The third kappa shape index (κ3) is 1.62. The van der Waals surface area contributed by atoms with E-state index in [1.54, 1.807) is 24.3 Å². The van der Waals surface area contributed by atoms with Crippen LogP contribution in [0.5, 0.6) is 0 Å². The standard InChI is InChI=1S/C10H10ClF2N/c11-8-4-2-1-3-7(8)9-10(12,13)5-6-14-9/h1-4,9,14H,5-6H2. The van der Waals surface area contributed by atoms with Crippen LogP contribution in [0.4, 0.5) is 8.78 Å². The van der Waals surface area contributed by atoms with E-state index in [2.05, 4.69) is 5.32 Å². The highest BCUT2D eigenvalue weighted by Crippen LogP contribution is 2.40. The van der Waals surface area contributed by atoms with Gasteiger partial charge in [-0.25, -0.2) is 8.78 Å². The Hall–Kier alpha value is -0.670. The second-order valence-corrected chi connectivity index (χ2v) is 3.83. The molecule has 1 N–H and O–H groups in total. The highest BCUT2D eigenvalue weighted by Gasteiger charge is 2.45. The van der Waals surface area contributed by atoms with E-state index < -0.39 is 12.0 Å². The maximum atomic E-state index is 13.4. The average molecular weight is 218 g/mol. The Morgan fingerprint density at radius 3 is 2.64 bits per heavy atom. The fourth-order valence-corrected chi connectivity index (χ4v) is 1.97. The highest BCUT2D eigenvalue weighted by atomic mass is 35.5. The molecule has 2 rings (SSSR count). The summed E-state index contributed by atoms with van der Waals surface area (Å²) in [5.41, 5.74) is 0.483. The van der Waals surface area contributed by atoms with Gasteiger partial charge in [0.15, 0.2) is 0 Å². The minimum Gasteiger partial charge on any atom is -0.305 e. The number of rotatable bonds is 1. The molecule has 1 atom stereocenters. The van der Waals surface area contributed by atoms with Crippen molar-refractivity contribution in [3.63, 3.8) is 0 Å². The van der Waals surface area contributed by atoms with Gasteiger partial charge in [-0.1, -0.05) is 29.8 Å². The zero-order valence-electron chi connectivity index (χ0n) is 7.43. The lowest BCUT2D eigenvalue weighted by atomic mass is 10.0. The van der Waals surface area contributed by atoms with Gasteiger partial charge in [-0.05, 0) is 11.6 Å². The fraction of sp³-hybridized carbons (Fsp3) is 0.400. The Balaban J connectivity index is 2.36. The van der Waals surface area contributed by atoms with Crippen molar-refractivity contribution in [3.8, 4) is 0 Å². The van der Waals surface area contributed by atoms with Gasteiger partial charge < -0.3 is 5.32 Å². The predicted octanol–water partition coefficient (Wildman–Crippen LogP) is 3.01. The van der Waals surface area contributed by atoms with Crippen LogP contribution in [-0.2, 0) is 0 Å². The molecule has 76 valence electrons. The molecular formula is C10H10ClF2N. The molecule has 1 fully saturated rings. The van der Waals surface area contributed by atoms with Crippen LogP contribution in [0.3, 0.4) is 0 Å². The van der Waals surface area contributed by atoms with Crippen LogP contribution in [-0.4, -0.2) is 12.5 Å². The molecule has 4 heteroatoms. The van der Waals surface area contributed by atoms with Crippen molar-refractivity contribution in [2.75, 3.05) is 6.54 Å². The first kappa shape index (κ1) is 9.87. The SMILES string of the molecule is FC1(F)CCNC1c1ccccc1Cl. The Morgan fingerprint density at radius 2 is 2.07 bits per heavy atom. The molecule has 0 aromatic heterocycles. The van der Waals surface area contributed by atoms with Crippen LogP contribution in [0, 0.1) is 0 Å². The van der Waals surface area contributed by atoms with Gasteiger partial charge in [0.05, 0.1) is 6.04 Å². The summed E-state index contributed by atoms with van der Waals surface area (Å²) in [5.74, 6) is -2.69. The zero-order valence-corrected chi connectivity index (χ0v) is 8.19. The Bertz CT molecular complexity index is 341. The van der Waals surface area contributed by atoms with Crippen LogP contribution in [0.1, 0.15) is 18.0 Å². The summed E-state index contributed by atoms with van der Waals surface area (Å²) in [6, 6.07) is 5.79. The number of alkyl halides is 2. The summed E-state index contributed by atoms with van der Waals surface area (Å²) in [4.78, 5) is 0. The van der Waals surface area contributed by atoms with Gasteiger partial charge in [0.1, 0.15) is 0 Å². The second-order valence-electron chi connectivity index (χ2n) is 3.42. The lowest BCUT2D eigenvalue weighted by molar-refractivity contribution is -0.0116. The van der Waals surface area contributed by atoms with Crippen LogP contribution < -0.4 is 5.32 Å². The summed E-state index contributed by atoms with van der Waals surface area (Å²) in [6.45, 7) is 0.336. The molecule has 0 radical (unpaired) electrons. The zero-order chi connectivity index (χ0) is 10.2. The first-order valence-electron chi connectivity index (χ1n) is 4.47. The molecule has 1 aliphatic heterocycles. The van der Waals surface area contributed by atoms with Gasteiger partial charge in [-0.3, -0.25) is 0 Å². The van der Waals surface area contributed by atoms with Crippen molar-refractivity contribution in [1.82, 2.24) is 5.32 Å². The molecule has 1 nitrogen and oxygen atoms in total. The van der Waals surface area contributed by atoms with Crippen molar-refractivity contribution in [2.45, 2.75) is 18.4 Å². The van der Waals surface area contributed by atoms with Crippen molar-refractivity contribution >= 4 is 11.6 Å². The van der Waals surface area contributed by atoms with Gasteiger partial charge in [0.2, 0.25) is 0 Å². The molecule has 1 aliphatic rings. The third-order valence-electron chi connectivity index (χ3n) is 2.45. The normalized spacial score (nSPS) is 25.2. The lowest BCUT2D eigenvalue weighted by Gasteiger charge is -2.20. The molecule has 1 unspecified atom stereocenters.